The van der Waals surface area contributed by atoms with Gasteiger partial charge in [-0.05, 0) is 74.4 Å². The maximum Gasteiger partial charge on any atom is 0.267 e. The Morgan fingerprint density at radius 3 is 2.29 bits per heavy atom. The molecule has 1 amide bonds. The summed E-state index contributed by atoms with van der Waals surface area (Å²) in [5, 5.41) is 7.27. The van der Waals surface area contributed by atoms with Crippen molar-refractivity contribution in [1.82, 2.24) is 9.78 Å². The van der Waals surface area contributed by atoms with E-state index in [9.17, 15) is 9.59 Å². The number of anilines is 1. The van der Waals surface area contributed by atoms with Gasteiger partial charge in [-0.25, -0.2) is 4.68 Å². The number of benzene rings is 2. The minimum absolute atomic E-state index is 0.300. The molecule has 0 fully saturated rings. The molecule has 0 aliphatic heterocycles. The third-order valence-electron chi connectivity index (χ3n) is 4.45. The van der Waals surface area contributed by atoms with Gasteiger partial charge in [0.15, 0.2) is 0 Å². The molecule has 3 rings (SSSR count). The number of hydrogen-bond acceptors (Lipinski definition) is 4. The number of aromatic nitrogens is 2. The minimum atomic E-state index is -0.758. The molecule has 0 saturated heterocycles. The van der Waals surface area contributed by atoms with Crippen LogP contribution in [0.3, 0.4) is 0 Å². The van der Waals surface area contributed by atoms with Gasteiger partial charge < -0.3 is 10.1 Å². The summed E-state index contributed by atoms with van der Waals surface area (Å²) in [6, 6.07) is 15.5. The van der Waals surface area contributed by atoms with Crippen LogP contribution in [0.2, 0.25) is 0 Å². The maximum atomic E-state index is 12.7. The number of nitrogens with one attached hydrogen (secondary N) is 1. The smallest absolute Gasteiger partial charge is 0.267 e. The van der Waals surface area contributed by atoms with E-state index in [2.05, 4.69) is 10.4 Å². The first-order valence-corrected chi connectivity index (χ1v) is 9.01. The van der Waals surface area contributed by atoms with Crippen molar-refractivity contribution in [3.63, 3.8) is 0 Å². The summed E-state index contributed by atoms with van der Waals surface area (Å²) in [5.74, 6) is 0.435. The third kappa shape index (κ3) is 4.28. The van der Waals surface area contributed by atoms with Crippen molar-refractivity contribution in [2.24, 2.45) is 0 Å². The second kappa shape index (κ2) is 8.08. The van der Waals surface area contributed by atoms with Gasteiger partial charge in [0.05, 0.1) is 12.8 Å². The van der Waals surface area contributed by atoms with Crippen molar-refractivity contribution in [3.05, 3.63) is 76.1 Å². The number of ether oxygens (including phenoxy) is 1. The molecule has 1 N–H and O–H groups in total. The molecule has 1 aromatic heterocycles. The zero-order valence-corrected chi connectivity index (χ0v) is 16.4. The molecular formula is C22H23N3O3. The first-order valence-electron chi connectivity index (χ1n) is 9.01. The lowest BCUT2D eigenvalue weighted by Crippen LogP contribution is -2.33. The molecule has 28 heavy (non-hydrogen) atoms. The molecule has 1 atom stereocenters. The highest BCUT2D eigenvalue weighted by Gasteiger charge is 2.18. The molecule has 144 valence electrons. The second-order valence-electron chi connectivity index (χ2n) is 6.77. The van der Waals surface area contributed by atoms with Crippen LogP contribution >= 0.6 is 0 Å². The summed E-state index contributed by atoms with van der Waals surface area (Å²) in [7, 11) is 1.60. The van der Waals surface area contributed by atoms with Gasteiger partial charge in [0.1, 0.15) is 11.8 Å². The van der Waals surface area contributed by atoms with Gasteiger partial charge in [-0.15, -0.1) is 0 Å². The van der Waals surface area contributed by atoms with Crippen LogP contribution in [0.25, 0.3) is 11.3 Å². The van der Waals surface area contributed by atoms with Gasteiger partial charge in [-0.2, -0.15) is 5.10 Å². The quantitative estimate of drug-likeness (QED) is 0.735. The van der Waals surface area contributed by atoms with E-state index < -0.39 is 6.04 Å². The van der Waals surface area contributed by atoms with Crippen LogP contribution in [0.4, 0.5) is 5.69 Å². The third-order valence-corrected chi connectivity index (χ3v) is 4.45. The SMILES string of the molecule is COc1ccc(-c2ccc(=O)n(C(C)C(=O)Nc3cc(C)cc(C)c3)n2)cc1. The summed E-state index contributed by atoms with van der Waals surface area (Å²) in [5.41, 5.74) is 3.92. The van der Waals surface area contributed by atoms with E-state index in [0.717, 1.165) is 22.4 Å². The van der Waals surface area contributed by atoms with Gasteiger partial charge in [0, 0.05) is 17.3 Å². The van der Waals surface area contributed by atoms with Crippen molar-refractivity contribution in [2.75, 3.05) is 12.4 Å². The number of methoxy groups -OCH3 is 1. The molecule has 6 nitrogen and oxygen atoms in total. The molecule has 2 aromatic carbocycles. The Labute approximate surface area is 163 Å². The summed E-state index contributed by atoms with van der Waals surface area (Å²) >= 11 is 0. The summed E-state index contributed by atoms with van der Waals surface area (Å²) in [6.45, 7) is 5.59. The van der Waals surface area contributed by atoms with Crippen LogP contribution in [0.5, 0.6) is 5.75 Å². The Kier molecular flexibility index (Phi) is 5.59. The van der Waals surface area contributed by atoms with Crippen LogP contribution < -0.4 is 15.6 Å². The Balaban J connectivity index is 1.86. The predicted molar refractivity (Wildman–Crippen MR) is 110 cm³/mol. The highest BCUT2D eigenvalue weighted by molar-refractivity contribution is 5.93. The zero-order chi connectivity index (χ0) is 20.3. The fraction of sp³-hybridized carbons (Fsp3) is 0.227. The molecule has 6 heteroatoms. The van der Waals surface area contributed by atoms with E-state index >= 15 is 0 Å². The van der Waals surface area contributed by atoms with Gasteiger partial charge in [-0.1, -0.05) is 6.07 Å². The van der Waals surface area contributed by atoms with Crippen LogP contribution in [-0.2, 0) is 4.79 Å². The monoisotopic (exact) mass is 377 g/mol. The number of aryl methyl sites for hydroxylation is 2. The van der Waals surface area contributed by atoms with Crippen LogP contribution in [-0.4, -0.2) is 22.8 Å². The van der Waals surface area contributed by atoms with E-state index in [-0.39, 0.29) is 11.5 Å². The Bertz CT molecular complexity index is 1040. The molecule has 0 radical (unpaired) electrons. The van der Waals surface area contributed by atoms with Crippen molar-refractivity contribution in [3.8, 4) is 17.0 Å². The molecule has 1 unspecified atom stereocenters. The van der Waals surface area contributed by atoms with Crippen LogP contribution in [0.15, 0.2) is 59.4 Å². The van der Waals surface area contributed by atoms with E-state index in [4.69, 9.17) is 4.74 Å². The Morgan fingerprint density at radius 2 is 1.68 bits per heavy atom. The molecule has 0 spiro atoms. The minimum Gasteiger partial charge on any atom is -0.497 e. The van der Waals surface area contributed by atoms with Crippen molar-refractivity contribution >= 4 is 11.6 Å². The highest BCUT2D eigenvalue weighted by Crippen LogP contribution is 2.20. The maximum absolute atomic E-state index is 12.7. The van der Waals surface area contributed by atoms with Crippen molar-refractivity contribution in [2.45, 2.75) is 26.8 Å². The second-order valence-corrected chi connectivity index (χ2v) is 6.77. The summed E-state index contributed by atoms with van der Waals surface area (Å²) in [6.07, 6.45) is 0. The van der Waals surface area contributed by atoms with Crippen LogP contribution in [0.1, 0.15) is 24.1 Å². The number of hydrogen-bond donors (Lipinski definition) is 1. The fourth-order valence-electron chi connectivity index (χ4n) is 3.02. The number of carbonyl (C=O) groups excluding carboxylic acids is 1. The summed E-state index contributed by atoms with van der Waals surface area (Å²) in [4.78, 5) is 25.0. The van der Waals surface area contributed by atoms with Gasteiger partial charge in [0.2, 0.25) is 5.91 Å². The van der Waals surface area contributed by atoms with Crippen molar-refractivity contribution in [1.29, 1.82) is 0 Å². The van der Waals surface area contributed by atoms with Crippen LogP contribution in [0, 0.1) is 13.8 Å². The first kappa shape index (κ1) is 19.4. The lowest BCUT2D eigenvalue weighted by atomic mass is 10.1. The van der Waals surface area contributed by atoms with Gasteiger partial charge in [0.25, 0.3) is 5.56 Å². The Hall–Kier alpha value is -3.41. The molecular weight excluding hydrogens is 354 g/mol. The number of nitrogens with zero attached hydrogens (tertiary/aromatic N) is 2. The standard InChI is InChI=1S/C22H23N3O3/c1-14-11-15(2)13-18(12-14)23-22(27)16(3)25-21(26)10-9-20(24-25)17-5-7-19(28-4)8-6-17/h5-13,16H,1-4H3,(H,23,27). The lowest BCUT2D eigenvalue weighted by Gasteiger charge is -2.15. The van der Waals surface area contributed by atoms with E-state index in [1.54, 1.807) is 20.1 Å². The van der Waals surface area contributed by atoms with E-state index in [0.29, 0.717) is 11.4 Å². The van der Waals surface area contributed by atoms with Gasteiger partial charge >= 0.3 is 0 Å². The van der Waals surface area contributed by atoms with E-state index in [1.807, 2.05) is 56.3 Å². The molecule has 0 saturated carbocycles. The average molecular weight is 377 g/mol. The van der Waals surface area contributed by atoms with E-state index in [1.165, 1.54) is 10.7 Å². The normalized spacial score (nSPS) is 11.7. The molecule has 0 bridgehead atoms. The highest BCUT2D eigenvalue weighted by atomic mass is 16.5. The number of rotatable bonds is 5. The largest absolute Gasteiger partial charge is 0.497 e. The predicted octanol–water partition coefficient (Wildman–Crippen LogP) is 3.74. The molecule has 0 aliphatic rings. The number of carbonyl (C=O) groups is 1. The summed E-state index contributed by atoms with van der Waals surface area (Å²) < 4.78 is 6.37. The topological polar surface area (TPSA) is 73.2 Å². The fourth-order valence-corrected chi connectivity index (χ4v) is 3.02. The number of amides is 1. The Morgan fingerprint density at radius 1 is 1.04 bits per heavy atom. The van der Waals surface area contributed by atoms with Gasteiger partial charge in [-0.3, -0.25) is 9.59 Å². The molecule has 3 aromatic rings. The average Bonchev–Trinajstić information content (AvgIpc) is 2.67. The van der Waals surface area contributed by atoms with Crippen molar-refractivity contribution < 1.29 is 9.53 Å². The molecule has 1 heterocycles. The first-order chi connectivity index (χ1) is 13.4. The molecule has 0 aliphatic carbocycles. The zero-order valence-electron chi connectivity index (χ0n) is 16.4. The lowest BCUT2D eigenvalue weighted by molar-refractivity contribution is -0.119.